The number of fused-ring (bicyclic) bond motifs is 1. The van der Waals surface area contributed by atoms with Crippen molar-refractivity contribution in [3.63, 3.8) is 0 Å². The summed E-state index contributed by atoms with van der Waals surface area (Å²) in [6.45, 7) is 1.30. The molecule has 0 aliphatic carbocycles. The van der Waals surface area contributed by atoms with E-state index in [4.69, 9.17) is 5.73 Å². The molecule has 0 spiro atoms. The molecule has 0 bridgehead atoms. The van der Waals surface area contributed by atoms with Crippen molar-refractivity contribution in [2.45, 2.75) is 19.8 Å². The smallest absolute Gasteiger partial charge is 0.390 e. The van der Waals surface area contributed by atoms with Gasteiger partial charge in [0.1, 0.15) is 15.4 Å². The van der Waals surface area contributed by atoms with Crippen LogP contribution < -0.4 is 11.1 Å². The van der Waals surface area contributed by atoms with E-state index in [0.717, 1.165) is 17.1 Å². The average molecular weight is 495 g/mol. The van der Waals surface area contributed by atoms with Crippen LogP contribution in [0.3, 0.4) is 0 Å². The van der Waals surface area contributed by atoms with Gasteiger partial charge in [0.15, 0.2) is 12.4 Å². The number of nitro groups is 1. The lowest BCUT2D eigenvalue weighted by Crippen LogP contribution is -2.18. The molecule has 0 saturated heterocycles. The second-order valence-electron chi connectivity index (χ2n) is 6.85. The predicted molar refractivity (Wildman–Crippen MR) is 110 cm³/mol. The Kier molecular flexibility index (Phi) is 5.48. The van der Waals surface area contributed by atoms with E-state index in [0.29, 0.717) is 11.3 Å². The number of anilines is 1. The number of halogens is 3. The van der Waals surface area contributed by atoms with Crippen LogP contribution in [0.2, 0.25) is 0 Å². The highest BCUT2D eigenvalue weighted by Gasteiger charge is 2.34. The van der Waals surface area contributed by atoms with Crippen molar-refractivity contribution in [2.24, 2.45) is 5.73 Å². The van der Waals surface area contributed by atoms with E-state index >= 15 is 0 Å². The van der Waals surface area contributed by atoms with Crippen molar-refractivity contribution < 1.29 is 27.7 Å². The van der Waals surface area contributed by atoms with Gasteiger partial charge in [-0.25, -0.2) is 9.67 Å². The van der Waals surface area contributed by atoms with Crippen LogP contribution in [0.15, 0.2) is 24.7 Å². The molecule has 3 N–H and O–H groups in total. The van der Waals surface area contributed by atoms with Crippen molar-refractivity contribution in [1.29, 1.82) is 0 Å². The van der Waals surface area contributed by atoms with Crippen LogP contribution in [0.25, 0.3) is 10.2 Å². The fourth-order valence-electron chi connectivity index (χ4n) is 3.04. The molecular weight excluding hydrogens is 483 g/mol. The number of rotatable bonds is 6. The number of nitrogens with zero attached hydrogens (tertiary/aromatic N) is 7. The number of carbonyl (C=O) groups is 2. The number of nitrogens with two attached hydrogens (primary N) is 1. The van der Waals surface area contributed by atoms with Gasteiger partial charge in [0.25, 0.3) is 11.8 Å². The quantitative estimate of drug-likeness (QED) is 0.302. The molecule has 2 amide bonds. The highest BCUT2D eigenvalue weighted by molar-refractivity contribution is 7.21. The van der Waals surface area contributed by atoms with E-state index in [1.54, 1.807) is 0 Å². The first-order chi connectivity index (χ1) is 15.9. The van der Waals surface area contributed by atoms with Gasteiger partial charge in [0.2, 0.25) is 6.33 Å². The van der Waals surface area contributed by atoms with Crippen LogP contribution >= 0.6 is 11.3 Å². The molecular formula is C17H12F3N9O4S. The molecule has 4 heterocycles. The van der Waals surface area contributed by atoms with E-state index < -0.39 is 34.6 Å². The summed E-state index contributed by atoms with van der Waals surface area (Å²) in [4.78, 5) is 41.4. The molecule has 13 nitrogen and oxygen atoms in total. The number of hydrogen-bond donors (Lipinski definition) is 2. The Hall–Kier alpha value is -4.41. The summed E-state index contributed by atoms with van der Waals surface area (Å²) < 4.78 is 41.7. The molecule has 0 atom stereocenters. The van der Waals surface area contributed by atoms with Crippen LogP contribution in [-0.4, -0.2) is 46.3 Å². The zero-order chi connectivity index (χ0) is 24.8. The summed E-state index contributed by atoms with van der Waals surface area (Å²) in [6, 6.07) is 2.13. The van der Waals surface area contributed by atoms with E-state index in [-0.39, 0.29) is 38.7 Å². The van der Waals surface area contributed by atoms with Gasteiger partial charge in [-0.1, -0.05) is 4.98 Å². The lowest BCUT2D eigenvalue weighted by molar-refractivity contribution is -0.394. The summed E-state index contributed by atoms with van der Waals surface area (Å²) in [5.41, 5.74) is 4.18. The zero-order valence-corrected chi connectivity index (χ0v) is 17.7. The molecule has 34 heavy (non-hydrogen) atoms. The fourth-order valence-corrected chi connectivity index (χ4v) is 4.10. The minimum atomic E-state index is -4.70. The molecule has 4 aromatic heterocycles. The number of pyridine rings is 1. The highest BCUT2D eigenvalue weighted by atomic mass is 32.1. The van der Waals surface area contributed by atoms with Gasteiger partial charge in [-0.05, 0) is 29.5 Å². The number of aromatic nitrogens is 6. The molecule has 0 radical (unpaired) electrons. The first kappa shape index (κ1) is 22.8. The van der Waals surface area contributed by atoms with Gasteiger partial charge in [-0.3, -0.25) is 9.59 Å². The zero-order valence-electron chi connectivity index (χ0n) is 16.9. The first-order valence-corrected chi connectivity index (χ1v) is 9.95. The largest absolute Gasteiger partial charge is 0.491 e. The van der Waals surface area contributed by atoms with Gasteiger partial charge >= 0.3 is 12.1 Å². The fraction of sp³-hybridized carbons (Fsp3) is 0.176. The monoisotopic (exact) mass is 495 g/mol. The summed E-state index contributed by atoms with van der Waals surface area (Å²) in [6.07, 6.45) is -2.19. The number of nitrogens with one attached hydrogen (secondary N) is 1. The van der Waals surface area contributed by atoms with Gasteiger partial charge in [0.05, 0.1) is 5.69 Å². The Morgan fingerprint density at radius 1 is 1.29 bits per heavy atom. The molecule has 4 rings (SSSR count). The highest BCUT2D eigenvalue weighted by Crippen LogP contribution is 2.39. The number of alkyl halides is 3. The van der Waals surface area contributed by atoms with Crippen molar-refractivity contribution in [3.8, 4) is 0 Å². The number of primary amides is 1. The van der Waals surface area contributed by atoms with E-state index in [1.165, 1.54) is 23.9 Å². The molecule has 17 heteroatoms. The normalized spacial score (nSPS) is 11.6. The Labute approximate surface area is 190 Å². The summed E-state index contributed by atoms with van der Waals surface area (Å²) in [7, 11) is 0. The Bertz CT molecular complexity index is 1460. The van der Waals surface area contributed by atoms with Gasteiger partial charge in [-0.15, -0.1) is 11.3 Å². The number of thiophene rings is 1. The third-order valence-corrected chi connectivity index (χ3v) is 5.56. The maximum Gasteiger partial charge on any atom is 0.491 e. The molecule has 0 aromatic carbocycles. The first-order valence-electron chi connectivity index (χ1n) is 9.14. The average Bonchev–Trinajstić information content (AvgIpc) is 3.46. The maximum atomic E-state index is 13.1. The van der Waals surface area contributed by atoms with Crippen LogP contribution in [0, 0.1) is 17.0 Å². The van der Waals surface area contributed by atoms with Crippen molar-refractivity contribution >= 4 is 45.0 Å². The second kappa shape index (κ2) is 8.18. The third kappa shape index (κ3) is 4.27. The summed E-state index contributed by atoms with van der Waals surface area (Å²) >= 11 is 0.626. The molecule has 0 saturated carbocycles. The standard InChI is InChI=1S/C17H12F3N9O4S/c1-7-4-9(17(18,19)20)23-15-10(7)11(12(34-15)13(21)30)24-14(31)8-2-3-27(25-8)6-28-5-22-16(26-28)29(32)33/h2-5H,6H2,1H3,(H2,21,30)(H,24,31). The van der Waals surface area contributed by atoms with Crippen LogP contribution in [0.4, 0.5) is 24.8 Å². The lowest BCUT2D eigenvalue weighted by atomic mass is 10.1. The van der Waals surface area contributed by atoms with Gasteiger partial charge in [0, 0.05) is 16.7 Å². The van der Waals surface area contributed by atoms with Crippen LogP contribution in [-0.2, 0) is 12.8 Å². The minimum absolute atomic E-state index is 0.0716. The maximum absolute atomic E-state index is 13.1. The van der Waals surface area contributed by atoms with Gasteiger partial charge in [-0.2, -0.15) is 23.0 Å². The number of amides is 2. The molecule has 0 aliphatic heterocycles. The van der Waals surface area contributed by atoms with Crippen molar-refractivity contribution in [3.05, 3.63) is 56.6 Å². The second-order valence-corrected chi connectivity index (χ2v) is 7.85. The summed E-state index contributed by atoms with van der Waals surface area (Å²) in [5, 5.41) is 21.0. The van der Waals surface area contributed by atoms with Crippen molar-refractivity contribution in [1.82, 2.24) is 29.5 Å². The molecule has 0 fully saturated rings. The molecule has 0 unspecified atom stereocenters. The molecule has 176 valence electrons. The van der Waals surface area contributed by atoms with Gasteiger partial charge < -0.3 is 21.2 Å². The molecule has 0 aliphatic rings. The van der Waals surface area contributed by atoms with Crippen molar-refractivity contribution in [2.75, 3.05) is 5.32 Å². The third-order valence-electron chi connectivity index (χ3n) is 4.46. The van der Waals surface area contributed by atoms with E-state index in [2.05, 4.69) is 25.5 Å². The topological polar surface area (TPSA) is 177 Å². The Morgan fingerprint density at radius 2 is 2.03 bits per heavy atom. The molecule has 4 aromatic rings. The SMILES string of the molecule is Cc1cc(C(F)(F)F)nc2sc(C(N)=O)c(NC(=O)c3ccn(Cn4cnc([N+](=O)[O-])n4)n3)c12. The summed E-state index contributed by atoms with van der Waals surface area (Å²) in [5.74, 6) is -2.33. The Balaban J connectivity index is 1.63. The number of carbonyl (C=O) groups excluding carboxylic acids is 2. The van der Waals surface area contributed by atoms with E-state index in [9.17, 15) is 32.9 Å². The minimum Gasteiger partial charge on any atom is -0.390 e. The van der Waals surface area contributed by atoms with Crippen LogP contribution in [0.5, 0.6) is 0 Å². The number of hydrogen-bond acceptors (Lipinski definition) is 9. The lowest BCUT2D eigenvalue weighted by Gasteiger charge is -2.09. The van der Waals surface area contributed by atoms with E-state index in [1.807, 2.05) is 0 Å². The Morgan fingerprint density at radius 3 is 2.65 bits per heavy atom. The van der Waals surface area contributed by atoms with Crippen LogP contribution in [0.1, 0.15) is 31.4 Å². The number of aryl methyl sites for hydroxylation is 1. The predicted octanol–water partition coefficient (Wildman–Crippen LogP) is 2.18.